The van der Waals surface area contributed by atoms with Gasteiger partial charge in [0, 0.05) is 17.7 Å². The number of carbonyl (C=O) groups is 1. The van der Waals surface area contributed by atoms with Crippen LogP contribution in [0.25, 0.3) is 0 Å². The van der Waals surface area contributed by atoms with Crippen LogP contribution in [0.5, 0.6) is 23.0 Å². The zero-order chi connectivity index (χ0) is 17.0. The highest BCUT2D eigenvalue weighted by atomic mass is 16.3. The molecule has 1 amide bonds. The van der Waals surface area contributed by atoms with Crippen LogP contribution in [0.3, 0.4) is 0 Å². The number of carbonyl (C=O) groups excluding carboxylic acids is 1. The molecule has 23 heavy (non-hydrogen) atoms. The van der Waals surface area contributed by atoms with Gasteiger partial charge in [-0.3, -0.25) is 4.79 Å². The number of hydrogen-bond donors (Lipinski definition) is 5. The van der Waals surface area contributed by atoms with Crippen LogP contribution in [0, 0.1) is 6.92 Å². The third-order valence-corrected chi connectivity index (χ3v) is 3.06. The maximum Gasteiger partial charge on any atom is 0.244 e. The lowest BCUT2D eigenvalue weighted by Crippen LogP contribution is -2.19. The largest absolute Gasteiger partial charge is 0.508 e. The summed E-state index contributed by atoms with van der Waals surface area (Å²) in [6.45, 7) is 1.68. The first-order valence-electron chi connectivity index (χ1n) is 6.71. The number of aromatic hydroxyl groups is 4. The van der Waals surface area contributed by atoms with Gasteiger partial charge in [0.05, 0.1) is 12.6 Å². The van der Waals surface area contributed by atoms with Crippen LogP contribution in [0.4, 0.5) is 0 Å². The molecule has 7 heteroatoms. The molecule has 7 nitrogen and oxygen atoms in total. The fourth-order valence-electron chi connectivity index (χ4n) is 2.08. The maximum atomic E-state index is 11.8. The molecular formula is C16H16N2O5. The molecule has 0 bridgehead atoms. The lowest BCUT2D eigenvalue weighted by atomic mass is 10.1. The average Bonchev–Trinajstić information content (AvgIpc) is 2.40. The van der Waals surface area contributed by atoms with E-state index in [-0.39, 0.29) is 29.4 Å². The molecule has 2 aromatic rings. The van der Waals surface area contributed by atoms with Crippen LogP contribution in [0.1, 0.15) is 16.7 Å². The van der Waals surface area contributed by atoms with Crippen molar-refractivity contribution < 1.29 is 25.2 Å². The molecule has 0 aliphatic heterocycles. The van der Waals surface area contributed by atoms with Crippen LogP contribution < -0.4 is 5.43 Å². The summed E-state index contributed by atoms with van der Waals surface area (Å²) >= 11 is 0. The van der Waals surface area contributed by atoms with Crippen molar-refractivity contribution in [1.29, 1.82) is 0 Å². The van der Waals surface area contributed by atoms with E-state index in [1.807, 2.05) is 0 Å². The minimum atomic E-state index is -0.456. The normalized spacial score (nSPS) is 10.8. The van der Waals surface area contributed by atoms with Crippen molar-refractivity contribution in [2.75, 3.05) is 0 Å². The van der Waals surface area contributed by atoms with Gasteiger partial charge in [0.25, 0.3) is 0 Å². The van der Waals surface area contributed by atoms with Gasteiger partial charge < -0.3 is 20.4 Å². The second-order valence-corrected chi connectivity index (χ2v) is 5.02. The highest BCUT2D eigenvalue weighted by Gasteiger charge is 2.07. The Hall–Kier alpha value is -3.22. The summed E-state index contributed by atoms with van der Waals surface area (Å²) in [5.41, 5.74) is 3.68. The number of amides is 1. The highest BCUT2D eigenvalue weighted by Crippen LogP contribution is 2.25. The third kappa shape index (κ3) is 4.37. The molecule has 0 radical (unpaired) electrons. The fourth-order valence-corrected chi connectivity index (χ4v) is 2.08. The van der Waals surface area contributed by atoms with Gasteiger partial charge in [-0.2, -0.15) is 5.10 Å². The molecule has 120 valence electrons. The molecule has 0 aliphatic carbocycles. The van der Waals surface area contributed by atoms with Gasteiger partial charge >= 0.3 is 0 Å². The minimum Gasteiger partial charge on any atom is -0.508 e. The summed E-state index contributed by atoms with van der Waals surface area (Å²) in [5.74, 6) is -0.952. The third-order valence-electron chi connectivity index (χ3n) is 3.06. The number of nitrogens with zero attached hydrogens (tertiary/aromatic N) is 1. The summed E-state index contributed by atoms with van der Waals surface area (Å²) < 4.78 is 0. The summed E-state index contributed by atoms with van der Waals surface area (Å²) in [5, 5.41) is 41.5. The van der Waals surface area contributed by atoms with Crippen molar-refractivity contribution in [3.05, 3.63) is 47.0 Å². The second kappa shape index (κ2) is 6.69. The van der Waals surface area contributed by atoms with E-state index in [4.69, 9.17) is 0 Å². The highest BCUT2D eigenvalue weighted by molar-refractivity contribution is 5.87. The Kier molecular flexibility index (Phi) is 4.70. The van der Waals surface area contributed by atoms with Gasteiger partial charge in [0.1, 0.15) is 23.0 Å². The van der Waals surface area contributed by atoms with Crippen molar-refractivity contribution in [3.63, 3.8) is 0 Å². The molecule has 0 saturated heterocycles. The molecule has 0 saturated carbocycles. The molecule has 0 spiro atoms. The lowest BCUT2D eigenvalue weighted by Gasteiger charge is -2.05. The van der Waals surface area contributed by atoms with Gasteiger partial charge in [-0.25, -0.2) is 5.43 Å². The Morgan fingerprint density at radius 1 is 1.04 bits per heavy atom. The molecule has 0 aliphatic rings. The van der Waals surface area contributed by atoms with Gasteiger partial charge in [-0.05, 0) is 36.2 Å². The SMILES string of the molecule is Cc1cc(O)cc(O)c1C=NNC(=O)Cc1cc(O)cc(O)c1. The monoisotopic (exact) mass is 316 g/mol. The van der Waals surface area contributed by atoms with E-state index >= 15 is 0 Å². The van der Waals surface area contributed by atoms with Crippen LogP contribution in [-0.2, 0) is 11.2 Å². The Labute approximate surface area is 132 Å². The van der Waals surface area contributed by atoms with Crippen molar-refractivity contribution in [1.82, 2.24) is 5.43 Å². The number of rotatable bonds is 4. The molecule has 0 unspecified atom stereocenters. The number of benzene rings is 2. The van der Waals surface area contributed by atoms with Gasteiger partial charge in [0.15, 0.2) is 0 Å². The quantitative estimate of drug-likeness (QED) is 0.432. The number of phenolic OH excluding ortho intramolecular Hbond substituents is 4. The molecule has 0 fully saturated rings. The number of hydrazone groups is 1. The predicted molar refractivity (Wildman–Crippen MR) is 83.7 cm³/mol. The minimum absolute atomic E-state index is 0.0649. The van der Waals surface area contributed by atoms with Crippen molar-refractivity contribution in [2.24, 2.45) is 5.10 Å². The summed E-state index contributed by atoms with van der Waals surface area (Å²) in [6.07, 6.45) is 1.18. The molecule has 2 aromatic carbocycles. The molecule has 0 atom stereocenters. The number of nitrogens with one attached hydrogen (secondary N) is 1. The zero-order valence-corrected chi connectivity index (χ0v) is 12.3. The Bertz CT molecular complexity index is 728. The fraction of sp³-hybridized carbons (Fsp3) is 0.125. The first-order chi connectivity index (χ1) is 10.8. The Balaban J connectivity index is 2.02. The Morgan fingerprint density at radius 3 is 2.26 bits per heavy atom. The van der Waals surface area contributed by atoms with E-state index in [9.17, 15) is 25.2 Å². The van der Waals surface area contributed by atoms with Gasteiger partial charge in [-0.1, -0.05) is 0 Å². The van der Waals surface area contributed by atoms with Crippen molar-refractivity contribution in [2.45, 2.75) is 13.3 Å². The molecule has 0 heterocycles. The van der Waals surface area contributed by atoms with Gasteiger partial charge in [-0.15, -0.1) is 0 Å². The van der Waals surface area contributed by atoms with Crippen molar-refractivity contribution >= 4 is 12.1 Å². The average molecular weight is 316 g/mol. The Morgan fingerprint density at radius 2 is 1.65 bits per heavy atom. The van der Waals surface area contributed by atoms with Crippen LogP contribution >= 0.6 is 0 Å². The van der Waals surface area contributed by atoms with Crippen LogP contribution in [-0.4, -0.2) is 32.5 Å². The number of hydrogen-bond acceptors (Lipinski definition) is 6. The van der Waals surface area contributed by atoms with E-state index in [0.29, 0.717) is 16.7 Å². The van der Waals surface area contributed by atoms with Gasteiger partial charge in [0.2, 0.25) is 5.91 Å². The first kappa shape index (κ1) is 16.2. The number of phenols is 4. The van der Waals surface area contributed by atoms with E-state index in [2.05, 4.69) is 10.5 Å². The standard InChI is InChI=1S/C16H16N2O5/c1-9-2-11(19)7-15(22)14(9)8-17-18-16(23)5-10-3-12(20)6-13(21)4-10/h2-4,6-8,19-22H,5H2,1H3,(H,18,23). The lowest BCUT2D eigenvalue weighted by molar-refractivity contribution is -0.120. The zero-order valence-electron chi connectivity index (χ0n) is 12.3. The van der Waals surface area contributed by atoms with E-state index in [1.54, 1.807) is 6.92 Å². The summed E-state index contributed by atoms with van der Waals surface area (Å²) in [7, 11) is 0. The number of aryl methyl sites for hydroxylation is 1. The molecular weight excluding hydrogens is 300 g/mol. The summed E-state index contributed by atoms with van der Waals surface area (Å²) in [6, 6.07) is 6.51. The van der Waals surface area contributed by atoms with Crippen LogP contribution in [0.2, 0.25) is 0 Å². The topological polar surface area (TPSA) is 122 Å². The van der Waals surface area contributed by atoms with E-state index < -0.39 is 5.91 Å². The second-order valence-electron chi connectivity index (χ2n) is 5.02. The predicted octanol–water partition coefficient (Wildman–Crippen LogP) is 1.51. The first-order valence-corrected chi connectivity index (χ1v) is 6.71. The molecule has 2 rings (SSSR count). The smallest absolute Gasteiger partial charge is 0.244 e. The van der Waals surface area contributed by atoms with Crippen LogP contribution in [0.15, 0.2) is 35.4 Å². The van der Waals surface area contributed by atoms with E-state index in [0.717, 1.165) is 6.07 Å². The van der Waals surface area contributed by atoms with Crippen molar-refractivity contribution in [3.8, 4) is 23.0 Å². The van der Waals surface area contributed by atoms with E-state index in [1.165, 1.54) is 30.5 Å². The molecule has 0 aromatic heterocycles. The molecule has 5 N–H and O–H groups in total. The maximum absolute atomic E-state index is 11.8. The summed E-state index contributed by atoms with van der Waals surface area (Å²) in [4.78, 5) is 11.8.